The molecule has 1 aromatic heterocycles. The summed E-state index contributed by atoms with van der Waals surface area (Å²) in [5, 5.41) is 20.1. The summed E-state index contributed by atoms with van der Waals surface area (Å²) in [6.07, 6.45) is 1.38. The van der Waals surface area contributed by atoms with Gasteiger partial charge in [-0.1, -0.05) is 26.0 Å². The lowest BCUT2D eigenvalue weighted by atomic mass is 10.1. The summed E-state index contributed by atoms with van der Waals surface area (Å²) in [7, 11) is 0. The van der Waals surface area contributed by atoms with Crippen molar-refractivity contribution in [3.63, 3.8) is 0 Å². The van der Waals surface area contributed by atoms with Crippen molar-refractivity contribution in [1.29, 1.82) is 0 Å². The predicted molar refractivity (Wildman–Crippen MR) is 75.8 cm³/mol. The number of carbonyl (C=O) groups excluding carboxylic acids is 1. The molecule has 6 nitrogen and oxygen atoms in total. The van der Waals surface area contributed by atoms with E-state index >= 15 is 0 Å². The van der Waals surface area contributed by atoms with E-state index in [1.807, 2.05) is 13.8 Å². The normalized spacial score (nSPS) is 11.2. The Labute approximate surface area is 116 Å². The maximum absolute atomic E-state index is 11.8. The van der Waals surface area contributed by atoms with Crippen molar-refractivity contribution in [2.24, 2.45) is 5.10 Å². The third-order valence-electron chi connectivity index (χ3n) is 2.76. The maximum Gasteiger partial charge on any atom is 0.291 e. The van der Waals surface area contributed by atoms with E-state index in [1.54, 1.807) is 30.3 Å². The molecule has 0 fully saturated rings. The minimum absolute atomic E-state index is 0.104. The van der Waals surface area contributed by atoms with Gasteiger partial charge in [-0.05, 0) is 24.1 Å². The highest BCUT2D eigenvalue weighted by Gasteiger charge is 2.11. The molecular formula is C14H16N4O2. The van der Waals surface area contributed by atoms with Gasteiger partial charge in [0.15, 0.2) is 5.69 Å². The van der Waals surface area contributed by atoms with Crippen LogP contribution in [0.5, 0.6) is 5.75 Å². The summed E-state index contributed by atoms with van der Waals surface area (Å²) in [4.78, 5) is 11.8. The third-order valence-corrected chi connectivity index (χ3v) is 2.76. The molecule has 0 aliphatic carbocycles. The van der Waals surface area contributed by atoms with Crippen LogP contribution in [0.15, 0.2) is 35.4 Å². The van der Waals surface area contributed by atoms with E-state index in [0.717, 1.165) is 5.69 Å². The number of hydrogen-bond donors (Lipinski definition) is 3. The number of para-hydroxylation sites is 1. The van der Waals surface area contributed by atoms with Crippen LogP contribution in [0.3, 0.4) is 0 Å². The summed E-state index contributed by atoms with van der Waals surface area (Å²) < 4.78 is 0. The Hall–Kier alpha value is -2.63. The zero-order chi connectivity index (χ0) is 14.5. The number of hydrogen-bond acceptors (Lipinski definition) is 4. The second-order valence-electron chi connectivity index (χ2n) is 4.62. The first-order valence-corrected chi connectivity index (χ1v) is 6.24. The van der Waals surface area contributed by atoms with E-state index in [-0.39, 0.29) is 17.4 Å². The number of H-pyrrole nitrogens is 1. The van der Waals surface area contributed by atoms with Crippen LogP contribution in [-0.2, 0) is 0 Å². The highest BCUT2D eigenvalue weighted by atomic mass is 16.3. The van der Waals surface area contributed by atoms with Gasteiger partial charge in [0, 0.05) is 11.3 Å². The van der Waals surface area contributed by atoms with Gasteiger partial charge >= 0.3 is 0 Å². The van der Waals surface area contributed by atoms with Crippen molar-refractivity contribution in [2.75, 3.05) is 0 Å². The van der Waals surface area contributed by atoms with Gasteiger partial charge in [0.05, 0.1) is 6.21 Å². The summed E-state index contributed by atoms with van der Waals surface area (Å²) >= 11 is 0. The molecule has 0 radical (unpaired) electrons. The van der Waals surface area contributed by atoms with Crippen LogP contribution in [-0.4, -0.2) is 27.4 Å². The van der Waals surface area contributed by atoms with Crippen molar-refractivity contribution >= 4 is 12.1 Å². The molecule has 20 heavy (non-hydrogen) atoms. The first-order chi connectivity index (χ1) is 9.58. The van der Waals surface area contributed by atoms with E-state index in [1.165, 1.54) is 6.21 Å². The van der Waals surface area contributed by atoms with Crippen LogP contribution in [0.2, 0.25) is 0 Å². The number of aromatic hydroxyl groups is 1. The smallest absolute Gasteiger partial charge is 0.291 e. The lowest BCUT2D eigenvalue weighted by Crippen LogP contribution is -2.18. The van der Waals surface area contributed by atoms with Crippen LogP contribution in [0.1, 0.15) is 41.5 Å². The Morgan fingerprint density at radius 2 is 2.20 bits per heavy atom. The fourth-order valence-electron chi connectivity index (χ4n) is 1.56. The van der Waals surface area contributed by atoms with Crippen molar-refractivity contribution < 1.29 is 9.90 Å². The molecule has 0 aliphatic heterocycles. The van der Waals surface area contributed by atoms with Gasteiger partial charge in [0.1, 0.15) is 5.75 Å². The molecule has 0 atom stereocenters. The predicted octanol–water partition coefficient (Wildman–Crippen LogP) is 2.00. The van der Waals surface area contributed by atoms with Crippen molar-refractivity contribution in [1.82, 2.24) is 15.6 Å². The fourth-order valence-corrected chi connectivity index (χ4v) is 1.56. The lowest BCUT2D eigenvalue weighted by Gasteiger charge is -1.98. The van der Waals surface area contributed by atoms with E-state index in [4.69, 9.17) is 0 Å². The number of rotatable bonds is 4. The van der Waals surface area contributed by atoms with E-state index in [2.05, 4.69) is 20.7 Å². The van der Waals surface area contributed by atoms with Gasteiger partial charge in [0.25, 0.3) is 5.91 Å². The van der Waals surface area contributed by atoms with Gasteiger partial charge in [-0.15, -0.1) is 0 Å². The molecule has 2 aromatic rings. The molecule has 0 aliphatic rings. The van der Waals surface area contributed by atoms with Gasteiger partial charge in [0.2, 0.25) is 0 Å². The van der Waals surface area contributed by atoms with Gasteiger partial charge in [-0.25, -0.2) is 5.43 Å². The number of nitrogens with one attached hydrogen (secondary N) is 2. The summed E-state index contributed by atoms with van der Waals surface area (Å²) in [6, 6.07) is 8.41. The van der Waals surface area contributed by atoms with Crippen molar-refractivity contribution in [3.8, 4) is 5.75 Å². The molecule has 3 N–H and O–H groups in total. The molecule has 0 bridgehead atoms. The number of phenols is 1. The standard InChI is InChI=1S/C14H16N4O2/c1-9(2)11-7-12(17-16-11)14(20)18-15-8-10-5-3-4-6-13(10)19/h3-9,19H,1-2H3,(H,16,17)(H,18,20). The Bertz CT molecular complexity index is 632. The Morgan fingerprint density at radius 3 is 2.85 bits per heavy atom. The van der Waals surface area contributed by atoms with Gasteiger partial charge in [-0.2, -0.15) is 10.2 Å². The number of phenolic OH excluding ortho intramolecular Hbond substituents is 1. The number of benzene rings is 1. The zero-order valence-electron chi connectivity index (χ0n) is 11.3. The van der Waals surface area contributed by atoms with Gasteiger partial charge in [-0.3, -0.25) is 9.89 Å². The first-order valence-electron chi connectivity index (χ1n) is 6.24. The van der Waals surface area contributed by atoms with E-state index in [9.17, 15) is 9.90 Å². The van der Waals surface area contributed by atoms with Crippen LogP contribution in [0.25, 0.3) is 0 Å². The van der Waals surface area contributed by atoms with Crippen molar-refractivity contribution in [3.05, 3.63) is 47.3 Å². The summed E-state index contributed by atoms with van der Waals surface area (Å²) in [5.74, 6) is -0.0269. The Kier molecular flexibility index (Phi) is 4.14. The third kappa shape index (κ3) is 3.23. The molecular weight excluding hydrogens is 256 g/mol. The number of hydrazone groups is 1. The summed E-state index contributed by atoms with van der Waals surface area (Å²) in [6.45, 7) is 4.01. The minimum atomic E-state index is -0.403. The Morgan fingerprint density at radius 1 is 1.45 bits per heavy atom. The van der Waals surface area contributed by atoms with Crippen LogP contribution in [0, 0.1) is 0 Å². The van der Waals surface area contributed by atoms with Gasteiger partial charge < -0.3 is 5.11 Å². The average molecular weight is 272 g/mol. The first kappa shape index (κ1) is 13.8. The minimum Gasteiger partial charge on any atom is -0.507 e. The highest BCUT2D eigenvalue weighted by Crippen LogP contribution is 2.13. The van der Waals surface area contributed by atoms with Crippen molar-refractivity contribution in [2.45, 2.75) is 19.8 Å². The maximum atomic E-state index is 11.8. The quantitative estimate of drug-likeness (QED) is 0.587. The molecule has 2 rings (SSSR count). The molecule has 1 aromatic carbocycles. The molecule has 0 spiro atoms. The largest absolute Gasteiger partial charge is 0.507 e. The molecule has 0 unspecified atom stereocenters. The second kappa shape index (κ2) is 6.01. The molecule has 0 saturated carbocycles. The van der Waals surface area contributed by atoms with E-state index in [0.29, 0.717) is 5.56 Å². The molecule has 0 saturated heterocycles. The number of aromatic nitrogens is 2. The monoisotopic (exact) mass is 272 g/mol. The number of carbonyl (C=O) groups is 1. The number of amides is 1. The molecule has 6 heteroatoms. The lowest BCUT2D eigenvalue weighted by molar-refractivity contribution is 0.0950. The fraction of sp³-hybridized carbons (Fsp3) is 0.214. The topological polar surface area (TPSA) is 90.4 Å². The van der Waals surface area contributed by atoms with Crippen LogP contribution >= 0.6 is 0 Å². The second-order valence-corrected chi connectivity index (χ2v) is 4.62. The average Bonchev–Trinajstić information content (AvgIpc) is 2.91. The number of aromatic amines is 1. The SMILES string of the molecule is CC(C)c1cc(C(=O)NN=Cc2ccccc2O)n[nH]1. The molecule has 1 amide bonds. The Balaban J connectivity index is 2.00. The number of nitrogens with zero attached hydrogens (tertiary/aromatic N) is 2. The molecule has 104 valence electrons. The van der Waals surface area contributed by atoms with Crippen LogP contribution in [0.4, 0.5) is 0 Å². The van der Waals surface area contributed by atoms with E-state index < -0.39 is 5.91 Å². The molecule has 1 heterocycles. The van der Waals surface area contributed by atoms with Crippen LogP contribution < -0.4 is 5.43 Å². The summed E-state index contributed by atoms with van der Waals surface area (Å²) in [5.41, 5.74) is 4.06. The zero-order valence-corrected chi connectivity index (χ0v) is 11.3. The highest BCUT2D eigenvalue weighted by molar-refractivity contribution is 5.93.